The number of ether oxygens (including phenoxy) is 5. The van der Waals surface area contributed by atoms with Gasteiger partial charge >= 0.3 is 5.97 Å². The first-order valence-electron chi connectivity index (χ1n) is 10.8. The number of methoxy groups -OCH3 is 1. The Bertz CT molecular complexity index is 1360. The van der Waals surface area contributed by atoms with E-state index in [9.17, 15) is 9.59 Å². The first kappa shape index (κ1) is 23.1. The Labute approximate surface area is 210 Å². The van der Waals surface area contributed by atoms with Gasteiger partial charge in [-0.25, -0.2) is 4.79 Å². The van der Waals surface area contributed by atoms with Crippen LogP contribution in [0.2, 0.25) is 0 Å². The number of carbonyl (C=O) groups excluding carboxylic acids is 2. The topological polar surface area (TPSA) is 80.3 Å². The van der Waals surface area contributed by atoms with Crippen LogP contribution in [0.25, 0.3) is 6.08 Å². The zero-order valence-electron chi connectivity index (χ0n) is 19.1. The summed E-state index contributed by atoms with van der Waals surface area (Å²) in [6.07, 6.45) is 1.69. The van der Waals surface area contributed by atoms with Crippen LogP contribution in [-0.2, 0) is 22.7 Å². The van der Waals surface area contributed by atoms with Gasteiger partial charge < -0.3 is 23.7 Å². The van der Waals surface area contributed by atoms with Gasteiger partial charge in [0.05, 0.1) is 24.8 Å². The minimum Gasteiger partial charge on any atom is -0.489 e. The third-order valence-corrected chi connectivity index (χ3v) is 6.17. The van der Waals surface area contributed by atoms with E-state index in [0.29, 0.717) is 41.6 Å². The number of allylic oxidation sites excluding steroid dienone is 1. The van der Waals surface area contributed by atoms with Crippen LogP contribution in [-0.4, -0.2) is 25.7 Å². The van der Waals surface area contributed by atoms with E-state index in [2.05, 4.69) is 15.9 Å². The SMILES string of the molecule is COC(=O)c1ccc(COc2cc(C)c3c(c2)O/C(=C\c2cc(Br)cc4c2OCOC4)C3=O)cc1. The Hall–Kier alpha value is -3.62. The second kappa shape index (κ2) is 9.56. The number of carbonyl (C=O) groups is 2. The Balaban J connectivity index is 1.36. The lowest BCUT2D eigenvalue weighted by molar-refractivity contribution is -0.0165. The fraction of sp³-hybridized carbons (Fsp3) is 0.185. The average Bonchev–Trinajstić information content (AvgIpc) is 3.17. The molecule has 2 aliphatic heterocycles. The van der Waals surface area contributed by atoms with Gasteiger partial charge in [-0.3, -0.25) is 4.79 Å². The van der Waals surface area contributed by atoms with Crippen molar-refractivity contribution >= 4 is 33.8 Å². The molecule has 0 radical (unpaired) electrons. The van der Waals surface area contributed by atoms with E-state index >= 15 is 0 Å². The smallest absolute Gasteiger partial charge is 0.337 e. The second-order valence-electron chi connectivity index (χ2n) is 8.12. The quantitative estimate of drug-likeness (QED) is 0.310. The molecule has 0 saturated heterocycles. The molecular weight excluding hydrogens is 516 g/mol. The molecule has 0 unspecified atom stereocenters. The van der Waals surface area contributed by atoms with E-state index in [1.54, 1.807) is 36.4 Å². The van der Waals surface area contributed by atoms with Gasteiger partial charge in [0.25, 0.3) is 0 Å². The van der Waals surface area contributed by atoms with E-state index in [4.69, 9.17) is 23.7 Å². The maximum atomic E-state index is 13.1. The van der Waals surface area contributed by atoms with Gasteiger partial charge in [0.15, 0.2) is 12.6 Å². The van der Waals surface area contributed by atoms with Crippen molar-refractivity contribution in [2.75, 3.05) is 13.9 Å². The summed E-state index contributed by atoms with van der Waals surface area (Å²) >= 11 is 3.50. The van der Waals surface area contributed by atoms with Gasteiger partial charge in [0.2, 0.25) is 5.78 Å². The Kier molecular flexibility index (Phi) is 6.32. The monoisotopic (exact) mass is 536 g/mol. The van der Waals surface area contributed by atoms with Crippen molar-refractivity contribution in [2.24, 2.45) is 0 Å². The highest BCUT2D eigenvalue weighted by molar-refractivity contribution is 9.10. The molecule has 7 nitrogen and oxygen atoms in total. The normalized spacial score (nSPS) is 15.2. The van der Waals surface area contributed by atoms with Crippen molar-refractivity contribution in [1.29, 1.82) is 0 Å². The number of benzene rings is 3. The molecule has 0 atom stereocenters. The minimum absolute atomic E-state index is 0.158. The molecule has 0 aromatic heterocycles. The lowest BCUT2D eigenvalue weighted by atomic mass is 10.0. The molecule has 2 heterocycles. The number of aryl methyl sites for hydroxylation is 1. The van der Waals surface area contributed by atoms with Gasteiger partial charge in [0.1, 0.15) is 23.9 Å². The minimum atomic E-state index is -0.388. The van der Waals surface area contributed by atoms with E-state index < -0.39 is 0 Å². The molecule has 0 amide bonds. The summed E-state index contributed by atoms with van der Waals surface area (Å²) in [5.41, 5.74) is 4.26. The van der Waals surface area contributed by atoms with Crippen LogP contribution in [0, 0.1) is 6.92 Å². The maximum Gasteiger partial charge on any atom is 0.337 e. The van der Waals surface area contributed by atoms with Crippen LogP contribution in [0.15, 0.2) is 58.8 Å². The maximum absolute atomic E-state index is 13.1. The number of esters is 1. The third kappa shape index (κ3) is 4.67. The Morgan fingerprint density at radius 2 is 1.94 bits per heavy atom. The molecular formula is C27H21BrO7. The molecule has 8 heteroatoms. The number of hydrogen-bond donors (Lipinski definition) is 0. The number of halogens is 1. The summed E-state index contributed by atoms with van der Waals surface area (Å²) in [6, 6.07) is 14.3. The third-order valence-electron chi connectivity index (χ3n) is 5.71. The average molecular weight is 537 g/mol. The van der Waals surface area contributed by atoms with Crippen LogP contribution in [0.4, 0.5) is 0 Å². The molecule has 0 spiro atoms. The number of fused-ring (bicyclic) bond motifs is 2. The van der Waals surface area contributed by atoms with Crippen LogP contribution in [0.1, 0.15) is 43.0 Å². The highest BCUT2D eigenvalue weighted by Gasteiger charge is 2.31. The van der Waals surface area contributed by atoms with E-state index in [1.807, 2.05) is 25.1 Å². The predicted molar refractivity (Wildman–Crippen MR) is 131 cm³/mol. The summed E-state index contributed by atoms with van der Waals surface area (Å²) in [5, 5.41) is 0. The van der Waals surface area contributed by atoms with Gasteiger partial charge in [-0.1, -0.05) is 28.1 Å². The number of hydrogen-bond acceptors (Lipinski definition) is 7. The molecule has 35 heavy (non-hydrogen) atoms. The van der Waals surface area contributed by atoms with Crippen molar-refractivity contribution in [3.05, 3.63) is 92.1 Å². The number of Topliss-reactive ketones (excluding diaryl/α,β-unsaturated/α-hetero) is 1. The fourth-order valence-corrected chi connectivity index (χ4v) is 4.56. The van der Waals surface area contributed by atoms with E-state index in [-0.39, 0.29) is 24.3 Å². The van der Waals surface area contributed by atoms with Crippen molar-refractivity contribution < 1.29 is 33.3 Å². The molecule has 0 N–H and O–H groups in total. The lowest BCUT2D eigenvalue weighted by Gasteiger charge is -2.20. The van der Waals surface area contributed by atoms with Gasteiger partial charge in [0, 0.05) is 21.7 Å². The zero-order valence-corrected chi connectivity index (χ0v) is 20.6. The van der Waals surface area contributed by atoms with Crippen LogP contribution in [0.3, 0.4) is 0 Å². The molecule has 2 aliphatic rings. The van der Waals surface area contributed by atoms with E-state index in [0.717, 1.165) is 26.7 Å². The molecule has 3 aromatic carbocycles. The molecule has 0 fully saturated rings. The fourth-order valence-electron chi connectivity index (χ4n) is 4.04. The highest BCUT2D eigenvalue weighted by atomic mass is 79.9. The van der Waals surface area contributed by atoms with Crippen LogP contribution < -0.4 is 14.2 Å². The molecule has 3 aromatic rings. The van der Waals surface area contributed by atoms with Crippen LogP contribution in [0.5, 0.6) is 17.2 Å². The molecule has 0 saturated carbocycles. The predicted octanol–water partition coefficient (Wildman–Crippen LogP) is 5.61. The lowest BCUT2D eigenvalue weighted by Crippen LogP contribution is -2.12. The molecule has 0 aliphatic carbocycles. The van der Waals surface area contributed by atoms with Crippen molar-refractivity contribution in [1.82, 2.24) is 0 Å². The standard InChI is InChI=1S/C27H21BrO7/c1-15-7-21(33-12-16-3-5-17(6-4-16)27(30)31-2)11-22-24(15)25(29)23(35-22)10-18-8-20(28)9-19-13-32-14-34-26(18)19/h3-11H,12-14H2,1-2H3/b23-10-. The summed E-state index contributed by atoms with van der Waals surface area (Å²) in [6.45, 7) is 2.73. The first-order chi connectivity index (χ1) is 16.9. The summed E-state index contributed by atoms with van der Waals surface area (Å²) in [5.74, 6) is 1.34. The Morgan fingerprint density at radius 3 is 2.71 bits per heavy atom. The van der Waals surface area contributed by atoms with Gasteiger partial charge in [-0.2, -0.15) is 0 Å². The van der Waals surface area contributed by atoms with Gasteiger partial charge in [-0.15, -0.1) is 0 Å². The van der Waals surface area contributed by atoms with Crippen LogP contribution >= 0.6 is 15.9 Å². The zero-order chi connectivity index (χ0) is 24.5. The largest absolute Gasteiger partial charge is 0.489 e. The molecule has 5 rings (SSSR count). The first-order valence-corrected chi connectivity index (χ1v) is 11.6. The number of ketones is 1. The number of rotatable bonds is 5. The Morgan fingerprint density at radius 1 is 1.14 bits per heavy atom. The van der Waals surface area contributed by atoms with Crippen molar-refractivity contribution in [3.8, 4) is 17.2 Å². The van der Waals surface area contributed by atoms with E-state index in [1.165, 1.54) is 7.11 Å². The van der Waals surface area contributed by atoms with Crippen molar-refractivity contribution in [2.45, 2.75) is 20.1 Å². The van der Waals surface area contributed by atoms with Crippen molar-refractivity contribution in [3.63, 3.8) is 0 Å². The summed E-state index contributed by atoms with van der Waals surface area (Å²) < 4.78 is 28.5. The second-order valence-corrected chi connectivity index (χ2v) is 9.04. The molecule has 178 valence electrons. The highest BCUT2D eigenvalue weighted by Crippen LogP contribution is 2.39. The summed E-state index contributed by atoms with van der Waals surface area (Å²) in [4.78, 5) is 24.7. The summed E-state index contributed by atoms with van der Waals surface area (Å²) in [7, 11) is 1.35. The van der Waals surface area contributed by atoms with Gasteiger partial charge in [-0.05, 0) is 54.5 Å². The molecule has 0 bridgehead atoms.